The van der Waals surface area contributed by atoms with Crippen LogP contribution in [0, 0.1) is 5.92 Å². The quantitative estimate of drug-likeness (QED) is 0.605. The van der Waals surface area contributed by atoms with Crippen LogP contribution in [0.2, 0.25) is 0 Å². The van der Waals surface area contributed by atoms with E-state index < -0.39 is 11.7 Å². The van der Waals surface area contributed by atoms with Gasteiger partial charge in [0.2, 0.25) is 5.75 Å². The van der Waals surface area contributed by atoms with Crippen LogP contribution < -0.4 is 19.5 Å². The molecule has 0 aliphatic carbocycles. The van der Waals surface area contributed by atoms with Crippen LogP contribution in [0.1, 0.15) is 64.7 Å². The Kier molecular flexibility index (Phi) is 9.47. The highest BCUT2D eigenvalue weighted by molar-refractivity contribution is 5.95. The van der Waals surface area contributed by atoms with Crippen molar-refractivity contribution in [2.24, 2.45) is 5.92 Å². The van der Waals surface area contributed by atoms with Gasteiger partial charge in [0.15, 0.2) is 11.5 Å². The molecule has 1 heterocycles. The smallest absolute Gasteiger partial charge is 0.407 e. The first-order chi connectivity index (χ1) is 15.2. The van der Waals surface area contributed by atoms with Crippen LogP contribution in [-0.2, 0) is 4.74 Å². The molecule has 0 bridgehead atoms. The van der Waals surface area contributed by atoms with Crippen molar-refractivity contribution in [2.75, 3.05) is 39.5 Å². The minimum Gasteiger partial charge on any atom is -0.490 e. The summed E-state index contributed by atoms with van der Waals surface area (Å²) < 4.78 is 22.5. The lowest BCUT2D eigenvalue weighted by Crippen LogP contribution is -2.42. The van der Waals surface area contributed by atoms with Crippen LogP contribution in [-0.4, -0.2) is 62.0 Å². The van der Waals surface area contributed by atoms with Gasteiger partial charge in [0.1, 0.15) is 5.60 Å². The number of nitrogens with zero attached hydrogens (tertiary/aromatic N) is 1. The van der Waals surface area contributed by atoms with Crippen molar-refractivity contribution >= 4 is 12.0 Å². The van der Waals surface area contributed by atoms with Gasteiger partial charge >= 0.3 is 6.09 Å². The number of likely N-dealkylation sites (tertiary alicyclic amines) is 1. The topological polar surface area (TPSA) is 86.3 Å². The lowest BCUT2D eigenvalue weighted by atomic mass is 9.96. The first-order valence-corrected chi connectivity index (χ1v) is 11.5. The molecule has 8 nitrogen and oxygen atoms in total. The van der Waals surface area contributed by atoms with Crippen molar-refractivity contribution < 1.29 is 28.5 Å². The summed E-state index contributed by atoms with van der Waals surface area (Å²) in [5.41, 5.74) is 0.00355. The molecule has 1 N–H and O–H groups in total. The number of alkyl carbamates (subject to hydrolysis) is 1. The number of benzene rings is 1. The van der Waals surface area contributed by atoms with E-state index in [4.69, 9.17) is 18.9 Å². The SMILES string of the molecule is CCOc1cc(C(=O)N2CCC(CNC(=O)OC(C)(C)C)CC2)cc(OCC)c1OCC. The van der Waals surface area contributed by atoms with Crippen LogP contribution in [0.4, 0.5) is 4.79 Å². The van der Waals surface area contributed by atoms with E-state index >= 15 is 0 Å². The highest BCUT2D eigenvalue weighted by atomic mass is 16.6. The number of carbonyl (C=O) groups is 2. The molecule has 180 valence electrons. The number of hydrogen-bond acceptors (Lipinski definition) is 6. The second-order valence-corrected chi connectivity index (χ2v) is 8.72. The molecule has 1 saturated heterocycles. The third-order valence-electron chi connectivity index (χ3n) is 4.99. The van der Waals surface area contributed by atoms with Crippen LogP contribution in [0.3, 0.4) is 0 Å². The minimum atomic E-state index is -0.516. The molecular weight excluding hydrogens is 412 g/mol. The lowest BCUT2D eigenvalue weighted by molar-refractivity contribution is 0.0500. The first kappa shape index (κ1) is 25.6. The number of rotatable bonds is 9. The molecule has 0 atom stereocenters. The predicted molar refractivity (Wildman–Crippen MR) is 123 cm³/mol. The summed E-state index contributed by atoms with van der Waals surface area (Å²) in [6, 6.07) is 3.46. The Labute approximate surface area is 191 Å². The van der Waals surface area contributed by atoms with Gasteiger partial charge in [-0.2, -0.15) is 0 Å². The average Bonchev–Trinajstić information content (AvgIpc) is 2.73. The van der Waals surface area contributed by atoms with Gasteiger partial charge < -0.3 is 29.2 Å². The molecule has 0 aromatic heterocycles. The van der Waals surface area contributed by atoms with Gasteiger partial charge in [-0.05, 0) is 72.4 Å². The maximum absolute atomic E-state index is 13.2. The van der Waals surface area contributed by atoms with E-state index in [9.17, 15) is 9.59 Å². The maximum atomic E-state index is 13.2. The normalized spacial score (nSPS) is 14.6. The Bertz CT molecular complexity index is 739. The summed E-state index contributed by atoms with van der Waals surface area (Å²) in [4.78, 5) is 26.9. The second kappa shape index (κ2) is 11.8. The fourth-order valence-corrected chi connectivity index (χ4v) is 3.58. The van der Waals surface area contributed by atoms with Gasteiger partial charge in [-0.15, -0.1) is 0 Å². The molecule has 0 radical (unpaired) electrons. The van der Waals surface area contributed by atoms with E-state index in [2.05, 4.69) is 5.32 Å². The van der Waals surface area contributed by atoms with E-state index in [0.717, 1.165) is 12.8 Å². The zero-order chi connectivity index (χ0) is 23.7. The Morgan fingerprint density at radius 2 is 1.50 bits per heavy atom. The fourth-order valence-electron chi connectivity index (χ4n) is 3.58. The fraction of sp³-hybridized carbons (Fsp3) is 0.667. The number of amides is 2. The third-order valence-corrected chi connectivity index (χ3v) is 4.99. The van der Waals surface area contributed by atoms with Crippen molar-refractivity contribution in [1.29, 1.82) is 0 Å². The molecule has 0 saturated carbocycles. The van der Waals surface area contributed by atoms with Gasteiger partial charge in [-0.25, -0.2) is 4.79 Å². The van der Waals surface area contributed by atoms with Crippen molar-refractivity contribution in [3.8, 4) is 17.2 Å². The van der Waals surface area contributed by atoms with Crippen molar-refractivity contribution in [2.45, 2.75) is 60.0 Å². The summed E-state index contributed by atoms with van der Waals surface area (Å²) >= 11 is 0. The van der Waals surface area contributed by atoms with E-state index in [0.29, 0.717) is 68.2 Å². The third kappa shape index (κ3) is 7.50. The standard InChI is InChI=1S/C24H38N2O6/c1-7-29-19-14-18(15-20(30-8-2)21(19)31-9-3)22(27)26-12-10-17(11-13-26)16-25-23(28)32-24(4,5)6/h14-15,17H,7-13,16H2,1-6H3,(H,25,28). The minimum absolute atomic E-state index is 0.0616. The summed E-state index contributed by atoms with van der Waals surface area (Å²) in [5.74, 6) is 1.80. The molecular formula is C24H38N2O6. The molecule has 1 aliphatic rings. The average molecular weight is 451 g/mol. The Balaban J connectivity index is 2.02. The van der Waals surface area contributed by atoms with E-state index in [1.807, 2.05) is 46.4 Å². The van der Waals surface area contributed by atoms with Crippen molar-refractivity contribution in [1.82, 2.24) is 10.2 Å². The molecule has 1 aromatic carbocycles. The first-order valence-electron chi connectivity index (χ1n) is 11.5. The molecule has 2 rings (SSSR count). The number of piperidine rings is 1. The van der Waals surface area contributed by atoms with Crippen LogP contribution in [0.15, 0.2) is 12.1 Å². The maximum Gasteiger partial charge on any atom is 0.407 e. The Hall–Kier alpha value is -2.64. The zero-order valence-electron chi connectivity index (χ0n) is 20.3. The predicted octanol–water partition coefficient (Wildman–Crippen LogP) is 4.26. The van der Waals surface area contributed by atoms with Gasteiger partial charge in [-0.1, -0.05) is 0 Å². The lowest BCUT2D eigenvalue weighted by Gasteiger charge is -2.32. The number of hydrogen-bond donors (Lipinski definition) is 1. The summed E-state index contributed by atoms with van der Waals surface area (Å²) in [5, 5.41) is 2.83. The largest absolute Gasteiger partial charge is 0.490 e. The second-order valence-electron chi connectivity index (χ2n) is 8.72. The van der Waals surface area contributed by atoms with Gasteiger partial charge in [0.25, 0.3) is 5.91 Å². The van der Waals surface area contributed by atoms with E-state index in [1.54, 1.807) is 12.1 Å². The molecule has 0 spiro atoms. The highest BCUT2D eigenvalue weighted by Crippen LogP contribution is 2.39. The highest BCUT2D eigenvalue weighted by Gasteiger charge is 2.27. The van der Waals surface area contributed by atoms with E-state index in [-0.39, 0.29) is 5.91 Å². The Morgan fingerprint density at radius 3 is 1.97 bits per heavy atom. The monoisotopic (exact) mass is 450 g/mol. The van der Waals surface area contributed by atoms with Crippen LogP contribution >= 0.6 is 0 Å². The Morgan fingerprint density at radius 1 is 0.969 bits per heavy atom. The molecule has 8 heteroatoms. The zero-order valence-corrected chi connectivity index (χ0v) is 20.3. The number of ether oxygens (including phenoxy) is 4. The molecule has 0 unspecified atom stereocenters. The van der Waals surface area contributed by atoms with Crippen LogP contribution in [0.25, 0.3) is 0 Å². The summed E-state index contributed by atoms with van der Waals surface area (Å²) in [6.07, 6.45) is 1.22. The summed E-state index contributed by atoms with van der Waals surface area (Å²) in [6.45, 7) is 14.4. The molecule has 2 amide bonds. The number of carbonyl (C=O) groups excluding carboxylic acids is 2. The van der Waals surface area contributed by atoms with Gasteiger partial charge in [0.05, 0.1) is 19.8 Å². The molecule has 1 fully saturated rings. The van der Waals surface area contributed by atoms with Gasteiger partial charge in [0, 0.05) is 25.2 Å². The van der Waals surface area contributed by atoms with Gasteiger partial charge in [-0.3, -0.25) is 4.79 Å². The molecule has 1 aromatic rings. The molecule has 1 aliphatic heterocycles. The summed E-state index contributed by atoms with van der Waals surface area (Å²) in [7, 11) is 0. The van der Waals surface area contributed by atoms with Crippen molar-refractivity contribution in [3.05, 3.63) is 17.7 Å². The number of nitrogens with one attached hydrogen (secondary N) is 1. The van der Waals surface area contributed by atoms with Crippen LogP contribution in [0.5, 0.6) is 17.2 Å². The van der Waals surface area contributed by atoms with Crippen molar-refractivity contribution in [3.63, 3.8) is 0 Å². The molecule has 32 heavy (non-hydrogen) atoms. The van der Waals surface area contributed by atoms with E-state index in [1.165, 1.54) is 0 Å².